The first kappa shape index (κ1) is 83.7. The molecule has 0 heterocycles. The molecule has 418 valence electrons. The summed E-state index contributed by atoms with van der Waals surface area (Å²) in [6.45, 7) is 42.0. The van der Waals surface area contributed by atoms with Crippen LogP contribution in [0, 0.1) is 11.8 Å². The van der Waals surface area contributed by atoms with E-state index in [-0.39, 0.29) is 6.54 Å². The van der Waals surface area contributed by atoms with Crippen LogP contribution in [0.5, 0.6) is 0 Å². The van der Waals surface area contributed by atoms with E-state index in [9.17, 15) is 51.8 Å². The molecule has 7 unspecified atom stereocenters. The minimum Gasteiger partial charge on any atom is -0.769 e. The second kappa shape index (κ2) is 63.8. The largest absolute Gasteiger partial charge is 0.769 e. The van der Waals surface area contributed by atoms with Crippen LogP contribution in [0.1, 0.15) is 0 Å². The van der Waals surface area contributed by atoms with Gasteiger partial charge in [-0.3, -0.25) is 22.8 Å². The predicted molar refractivity (Wildman–Crippen MR) is 238 cm³/mol. The Morgan fingerprint density at radius 1 is 0.529 bits per heavy atom. The summed E-state index contributed by atoms with van der Waals surface area (Å²) < 4.78 is 111. The van der Waals surface area contributed by atoms with Gasteiger partial charge >= 0.3 is 7.82 Å². The van der Waals surface area contributed by atoms with Gasteiger partial charge in [0, 0.05) is 45.2 Å². The summed E-state index contributed by atoms with van der Waals surface area (Å²) >= 11 is 0. The van der Waals surface area contributed by atoms with Crippen molar-refractivity contribution in [2.24, 2.45) is 17.6 Å². The highest BCUT2D eigenvalue weighted by Crippen LogP contribution is 2.41. The van der Waals surface area contributed by atoms with Gasteiger partial charge in [-0.05, 0) is 16.6 Å². The second-order valence-corrected chi connectivity index (χ2v) is 15.8. The molecule has 4 N–H and O–H groups in total. The lowest BCUT2D eigenvalue weighted by Gasteiger charge is -2.27. The van der Waals surface area contributed by atoms with Crippen molar-refractivity contribution in [1.82, 2.24) is 5.54 Å². The number of halogens is 1. The lowest BCUT2D eigenvalue weighted by Crippen LogP contribution is -2.27. The number of hydrogen-bond acceptors (Lipinski definition) is 30. The highest BCUT2D eigenvalue weighted by atomic mass is 31.2. The van der Waals surface area contributed by atoms with Crippen LogP contribution in [-0.2, 0) is 109 Å². The van der Waals surface area contributed by atoms with Crippen LogP contribution in [0.15, 0.2) is 130 Å². The van der Waals surface area contributed by atoms with Crippen molar-refractivity contribution in [3.8, 4) is 0 Å². The third kappa shape index (κ3) is 79.0. The molecule has 0 rings (SSSR count). The molecule has 0 spiro atoms. The second-order valence-electron chi connectivity index (χ2n) is 8.70. The molecular weight excluding hydrogens is 1060 g/mol. The first-order valence-corrected chi connectivity index (χ1v) is 25.4. The third-order valence-electron chi connectivity index (χ3n) is 4.32. The summed E-state index contributed by atoms with van der Waals surface area (Å²) in [6, 6.07) is 0. The van der Waals surface area contributed by atoms with Gasteiger partial charge in [0.2, 0.25) is 0 Å². The summed E-state index contributed by atoms with van der Waals surface area (Å²) in [5.74, 6) is -2.27. The average Bonchev–Trinajstić information content (AvgIpc) is 3.36. The number of nitrogens with two attached hydrogens (primary N) is 1. The van der Waals surface area contributed by atoms with E-state index in [1.54, 1.807) is 0 Å². The Morgan fingerprint density at radius 3 is 1.24 bits per heavy atom. The molecule has 7 atom stereocenters. The Labute approximate surface area is 408 Å². The maximum atomic E-state index is 12.6. The predicted octanol–water partition coefficient (Wildman–Crippen LogP) is 3.68. The van der Waals surface area contributed by atoms with Crippen molar-refractivity contribution in [2.75, 3.05) is 72.6 Å². The first-order valence-electron chi connectivity index (χ1n) is 18.0. The van der Waals surface area contributed by atoms with Gasteiger partial charge in [-0.2, -0.15) is 5.54 Å². The molecule has 0 amide bonds. The standard InChI is InChI=1S/C17H38FN2O29P5.8C2H4/c1-50(21,22)36-6-2-32-44-48-45-34-4-8-38-53(28,29)42-14-17(11-20-18)15-43-54(30,31)39-9-5-35-47-49-46-33-3-7-37-52(26,27)41-13-16(10-19)12-40-51(23,24)25;8*1-2/h2,5-6,9,16-17,20H,3-4,7-8,10-15,19H2,1H3,(H,21,22)(H,26,27)(H,28,29)(H,30,31)(H2,23,24,25);8*1-2H2/p-5/b6-2+,9-5+;;;;;;;;/i/hT. The number of rotatable bonds is 38. The molecular formula is C33H65FN2O29P5-5. The highest BCUT2D eigenvalue weighted by Gasteiger charge is 2.20. The molecule has 70 heavy (non-hydrogen) atoms. The molecule has 0 aliphatic heterocycles. The molecule has 0 aromatic carbocycles. The lowest BCUT2D eigenvalue weighted by atomic mass is 10.2. The van der Waals surface area contributed by atoms with E-state index in [1.165, 1.54) is 0 Å². The zero-order valence-electron chi connectivity index (χ0n) is 39.3. The van der Waals surface area contributed by atoms with Crippen molar-refractivity contribution in [1.29, 1.82) is 0 Å². The molecule has 0 fully saturated rings. The number of phosphoric acid groups is 4. The fourth-order valence-corrected chi connectivity index (χ4v) is 5.04. The lowest BCUT2D eigenvalue weighted by molar-refractivity contribution is -0.700. The van der Waals surface area contributed by atoms with Crippen LogP contribution in [-0.4, -0.2) is 77.5 Å². The Kier molecular flexibility index (Phi) is 76.3. The summed E-state index contributed by atoms with van der Waals surface area (Å²) in [5, 5.41) is 23.3. The molecule has 0 saturated heterocycles. The van der Waals surface area contributed by atoms with E-state index in [0.717, 1.165) is 12.2 Å². The molecule has 31 nitrogen and oxygen atoms in total. The van der Waals surface area contributed by atoms with Crippen LogP contribution in [0.3, 0.4) is 0 Å². The van der Waals surface area contributed by atoms with E-state index in [1.807, 2.05) is 5.73 Å². The molecule has 0 aromatic heterocycles. The van der Waals surface area contributed by atoms with Crippen molar-refractivity contribution in [3.63, 3.8) is 0 Å². The fourth-order valence-electron chi connectivity index (χ4n) is 2.19. The van der Waals surface area contributed by atoms with Crippen LogP contribution < -0.4 is 35.7 Å². The number of nitrogens with one attached hydrogen (secondary N) is 1. The van der Waals surface area contributed by atoms with Crippen LogP contribution in [0.25, 0.3) is 0 Å². The van der Waals surface area contributed by atoms with E-state index in [2.05, 4.69) is 191 Å². The molecule has 0 saturated carbocycles. The van der Waals surface area contributed by atoms with E-state index in [4.69, 9.17) is 6.31 Å². The Morgan fingerprint density at radius 2 is 0.886 bits per heavy atom. The topological polar surface area (TPSA) is 425 Å². The average molecular weight is 1130 g/mol. The molecule has 0 aromatic rings. The quantitative estimate of drug-likeness (QED) is 0.0151. The minimum absolute atomic E-state index is 0.283. The van der Waals surface area contributed by atoms with Gasteiger partial charge < -0.3 is 81.1 Å². The van der Waals surface area contributed by atoms with E-state index in [0.29, 0.717) is 25.0 Å². The van der Waals surface area contributed by atoms with Gasteiger partial charge in [-0.25, -0.2) is 9.78 Å². The van der Waals surface area contributed by atoms with Crippen molar-refractivity contribution in [3.05, 3.63) is 130 Å². The maximum Gasteiger partial charge on any atom is 0.319 e. The Balaban J connectivity index is -0.000000309. The molecule has 0 aliphatic carbocycles. The van der Waals surface area contributed by atoms with E-state index < -0.39 is 110 Å². The van der Waals surface area contributed by atoms with Gasteiger partial charge in [0.05, 0.1) is 39.6 Å². The number of phosphoric ester groups is 4. The summed E-state index contributed by atoms with van der Waals surface area (Å²) in [7, 11) is -24.3. The molecule has 0 radical (unpaired) electrons. The van der Waals surface area contributed by atoms with Crippen molar-refractivity contribution in [2.45, 2.75) is 0 Å². The Bertz CT molecular complexity index is 1440. The third-order valence-corrected chi connectivity index (χ3v) is 8.07. The highest BCUT2D eigenvalue weighted by molar-refractivity contribution is 7.50. The van der Waals surface area contributed by atoms with Gasteiger partial charge in [-0.1, -0.05) is 0 Å². The smallest absolute Gasteiger partial charge is 0.319 e. The molecule has 37 heteroatoms. The first-order chi connectivity index (χ1) is 33.7. The minimum atomic E-state index is -5.17. The summed E-state index contributed by atoms with van der Waals surface area (Å²) in [4.78, 5) is 82.1. The summed E-state index contributed by atoms with van der Waals surface area (Å²) in [5.41, 5.74) is 3.04. The van der Waals surface area contributed by atoms with Gasteiger partial charge in [0.1, 0.15) is 27.1 Å². The van der Waals surface area contributed by atoms with Gasteiger partial charge in [0.25, 0.3) is 23.5 Å². The zero-order chi connectivity index (χ0) is 57.7. The fraction of sp³-hybridized carbons (Fsp3) is 0.394. The SMILES string of the molecule is C=C.C=C.C=C.C=C.C=C.C=C.C=C.C=C.[3H]NCC(COP(=O)([O-])O)COP(=O)([O-])OCCOOOOO/C=C/OP(=O)([O-])OCC(CNF)COP(=O)([O-])OCCOOOOO/C=C/OP(C)(=O)[O-]. The normalized spacial score (nSPS) is 15.2. The van der Waals surface area contributed by atoms with Crippen molar-refractivity contribution >= 4 is 38.9 Å². The zero-order valence-corrected chi connectivity index (χ0v) is 42.8. The summed E-state index contributed by atoms with van der Waals surface area (Å²) in [6.07, 6.45) is 1.91. The van der Waals surface area contributed by atoms with E-state index >= 15 is 0 Å². The van der Waals surface area contributed by atoms with Crippen LogP contribution in [0.4, 0.5) is 4.48 Å². The van der Waals surface area contributed by atoms with Gasteiger partial charge in [-0.15, -0.1) is 110 Å². The number of hydrogen-bond donors (Lipinski definition) is 3. The maximum absolute atomic E-state index is 12.6. The monoisotopic (exact) mass is 1130 g/mol. The molecule has 0 aliphatic rings. The van der Waals surface area contributed by atoms with Crippen LogP contribution in [0.2, 0.25) is 1.41 Å². The van der Waals surface area contributed by atoms with Crippen LogP contribution >= 0.6 is 38.9 Å². The molecule has 0 bridgehead atoms. The Hall–Kier alpha value is -3.20. The van der Waals surface area contributed by atoms with Gasteiger partial charge in [0.15, 0.2) is 20.1 Å². The van der Waals surface area contributed by atoms with Crippen molar-refractivity contribution < 1.29 is 144 Å².